The molecule has 1 aromatic heterocycles. The van der Waals surface area contributed by atoms with Crippen LogP contribution in [0, 0.1) is 6.07 Å². The second-order valence-electron chi connectivity index (χ2n) is 3.57. The fourth-order valence-electron chi connectivity index (χ4n) is 1.70. The van der Waals surface area contributed by atoms with Crippen LogP contribution in [0.15, 0.2) is 39.6 Å². The molecule has 5 heteroatoms. The molecule has 1 heterocycles. The molecule has 0 fully saturated rings. The molecule has 2 aromatic rings. The standard InChI is InChI=1S/C13H11BrNO2.Y/c1-2-15-12(4-3-5-13(15)17)10-7-6-9(16)8-11(10)14;/h3,5-8,16H,2H2,1H3;/q-1;. The van der Waals surface area contributed by atoms with Crippen LogP contribution in [-0.2, 0) is 39.3 Å². The zero-order valence-corrected chi connectivity index (χ0v) is 14.3. The number of rotatable bonds is 2. The van der Waals surface area contributed by atoms with Crippen LogP contribution in [0.1, 0.15) is 6.92 Å². The molecule has 0 spiro atoms. The van der Waals surface area contributed by atoms with Gasteiger partial charge in [0.05, 0.1) is 0 Å². The SMILES string of the molecule is CCn1c(-c2ccc(O)cc2Br)[c-]ccc1=O.[Y]. The molecule has 2 rings (SSSR count). The molecule has 0 bridgehead atoms. The molecule has 0 aliphatic rings. The third-order valence-corrected chi connectivity index (χ3v) is 3.16. The van der Waals surface area contributed by atoms with Crippen molar-refractivity contribution in [2.45, 2.75) is 13.5 Å². The number of halogens is 1. The molecule has 1 radical (unpaired) electrons. The minimum atomic E-state index is -0.0544. The van der Waals surface area contributed by atoms with Gasteiger partial charge in [0, 0.05) is 39.3 Å². The minimum absolute atomic E-state index is 0. The number of hydrogen-bond acceptors (Lipinski definition) is 2. The first-order valence-electron chi connectivity index (χ1n) is 5.24. The summed E-state index contributed by atoms with van der Waals surface area (Å²) in [6.45, 7) is 2.49. The van der Waals surface area contributed by atoms with Gasteiger partial charge < -0.3 is 9.67 Å². The quantitative estimate of drug-likeness (QED) is 0.812. The van der Waals surface area contributed by atoms with Gasteiger partial charge in [-0.05, 0) is 23.5 Å². The zero-order valence-electron chi connectivity index (χ0n) is 9.85. The smallest absolute Gasteiger partial charge is 0.194 e. The number of phenols is 1. The van der Waals surface area contributed by atoms with Crippen LogP contribution in [-0.4, -0.2) is 9.67 Å². The Morgan fingerprint density at radius 3 is 2.72 bits per heavy atom. The molecule has 1 N–H and O–H groups in total. The molecule has 91 valence electrons. The summed E-state index contributed by atoms with van der Waals surface area (Å²) in [7, 11) is 0. The summed E-state index contributed by atoms with van der Waals surface area (Å²) in [6, 6.07) is 11.1. The van der Waals surface area contributed by atoms with E-state index in [1.165, 1.54) is 6.07 Å². The Bertz CT molecular complexity index is 610. The van der Waals surface area contributed by atoms with Crippen LogP contribution in [0.4, 0.5) is 0 Å². The van der Waals surface area contributed by atoms with Crippen LogP contribution in [0.25, 0.3) is 11.3 Å². The zero-order chi connectivity index (χ0) is 12.4. The van der Waals surface area contributed by atoms with E-state index >= 15 is 0 Å². The first-order chi connectivity index (χ1) is 8.13. The van der Waals surface area contributed by atoms with Gasteiger partial charge in [-0.15, -0.1) is 6.07 Å². The Kier molecular flexibility index (Phi) is 5.76. The van der Waals surface area contributed by atoms with Gasteiger partial charge in [-0.2, -0.15) is 12.1 Å². The van der Waals surface area contributed by atoms with Crippen molar-refractivity contribution in [2.75, 3.05) is 0 Å². The number of aromatic nitrogens is 1. The Morgan fingerprint density at radius 1 is 1.39 bits per heavy atom. The maximum Gasteiger partial charge on any atom is 0.194 e. The summed E-state index contributed by atoms with van der Waals surface area (Å²) in [5.74, 6) is 0.182. The van der Waals surface area contributed by atoms with Gasteiger partial charge in [-0.25, -0.2) is 0 Å². The van der Waals surface area contributed by atoms with Gasteiger partial charge in [0.2, 0.25) is 0 Å². The Balaban J connectivity index is 0.00000162. The van der Waals surface area contributed by atoms with E-state index in [2.05, 4.69) is 22.0 Å². The van der Waals surface area contributed by atoms with Crippen LogP contribution in [0.3, 0.4) is 0 Å². The van der Waals surface area contributed by atoms with Crippen molar-refractivity contribution < 1.29 is 37.8 Å². The monoisotopic (exact) mass is 381 g/mol. The number of pyridine rings is 1. The van der Waals surface area contributed by atoms with Crippen LogP contribution in [0.2, 0.25) is 0 Å². The van der Waals surface area contributed by atoms with Crippen LogP contribution < -0.4 is 5.56 Å². The topological polar surface area (TPSA) is 42.2 Å². The van der Waals surface area contributed by atoms with Crippen molar-refractivity contribution in [1.29, 1.82) is 0 Å². The predicted octanol–water partition coefficient (Wildman–Crippen LogP) is 2.80. The third kappa shape index (κ3) is 3.11. The fourth-order valence-corrected chi connectivity index (χ4v) is 2.26. The number of phenolic OH excluding ortho intramolecular Hbond substituents is 1. The fraction of sp³-hybridized carbons (Fsp3) is 0.154. The number of hydrogen-bond donors (Lipinski definition) is 1. The molecule has 0 aliphatic carbocycles. The van der Waals surface area contributed by atoms with E-state index in [9.17, 15) is 9.90 Å². The second kappa shape index (κ2) is 6.64. The summed E-state index contributed by atoms with van der Waals surface area (Å²) in [4.78, 5) is 11.7. The Morgan fingerprint density at radius 2 is 2.11 bits per heavy atom. The first-order valence-corrected chi connectivity index (χ1v) is 6.03. The van der Waals surface area contributed by atoms with Gasteiger partial charge >= 0.3 is 0 Å². The van der Waals surface area contributed by atoms with Crippen molar-refractivity contribution in [1.82, 2.24) is 4.57 Å². The Labute approximate surface area is 139 Å². The molecule has 0 atom stereocenters. The molecular formula is C13H11BrNO2Y-. The maximum atomic E-state index is 11.7. The van der Waals surface area contributed by atoms with Gasteiger partial charge in [-0.1, -0.05) is 33.3 Å². The predicted molar refractivity (Wildman–Crippen MR) is 70.0 cm³/mol. The number of nitrogens with zero attached hydrogens (tertiary/aromatic N) is 1. The molecule has 1 aromatic carbocycles. The molecule has 18 heavy (non-hydrogen) atoms. The van der Waals surface area contributed by atoms with E-state index in [0.29, 0.717) is 12.2 Å². The number of benzene rings is 1. The van der Waals surface area contributed by atoms with E-state index in [1.807, 2.05) is 6.92 Å². The first kappa shape index (κ1) is 15.6. The molecule has 0 amide bonds. The van der Waals surface area contributed by atoms with E-state index in [4.69, 9.17) is 0 Å². The molecule has 0 saturated heterocycles. The molecule has 0 unspecified atom stereocenters. The van der Waals surface area contributed by atoms with Crippen LogP contribution >= 0.6 is 15.9 Å². The van der Waals surface area contributed by atoms with Crippen molar-refractivity contribution in [3.05, 3.63) is 51.2 Å². The number of aromatic hydroxyl groups is 1. The second-order valence-corrected chi connectivity index (χ2v) is 4.43. The summed E-state index contributed by atoms with van der Waals surface area (Å²) >= 11 is 3.38. The summed E-state index contributed by atoms with van der Waals surface area (Å²) < 4.78 is 2.37. The minimum Gasteiger partial charge on any atom is -0.508 e. The summed E-state index contributed by atoms with van der Waals surface area (Å²) in [5.41, 5.74) is 1.50. The molecular weight excluding hydrogens is 371 g/mol. The van der Waals surface area contributed by atoms with Gasteiger partial charge in [0.25, 0.3) is 0 Å². The maximum absolute atomic E-state index is 11.7. The van der Waals surface area contributed by atoms with Gasteiger partial charge in [-0.3, -0.25) is 4.79 Å². The van der Waals surface area contributed by atoms with Crippen molar-refractivity contribution in [3.63, 3.8) is 0 Å². The van der Waals surface area contributed by atoms with Crippen molar-refractivity contribution in [2.24, 2.45) is 0 Å². The summed E-state index contributed by atoms with van der Waals surface area (Å²) in [5, 5.41) is 9.36. The van der Waals surface area contributed by atoms with E-state index < -0.39 is 0 Å². The van der Waals surface area contributed by atoms with Gasteiger partial charge in [0.15, 0.2) is 5.56 Å². The van der Waals surface area contributed by atoms with Crippen molar-refractivity contribution >= 4 is 15.9 Å². The average Bonchev–Trinajstić information content (AvgIpc) is 2.29. The van der Waals surface area contributed by atoms with Crippen LogP contribution in [0.5, 0.6) is 5.75 Å². The van der Waals surface area contributed by atoms with E-state index in [0.717, 1.165) is 10.0 Å². The summed E-state index contributed by atoms with van der Waals surface area (Å²) in [6.07, 6.45) is 0. The molecule has 3 nitrogen and oxygen atoms in total. The largest absolute Gasteiger partial charge is 0.508 e. The Hall–Kier alpha value is -0.446. The van der Waals surface area contributed by atoms with Gasteiger partial charge in [0.1, 0.15) is 5.75 Å². The van der Waals surface area contributed by atoms with E-state index in [-0.39, 0.29) is 44.0 Å². The average molecular weight is 382 g/mol. The molecule has 0 aliphatic heterocycles. The normalized spacial score (nSPS) is 9.89. The van der Waals surface area contributed by atoms with Crippen molar-refractivity contribution in [3.8, 4) is 17.0 Å². The third-order valence-electron chi connectivity index (χ3n) is 2.51. The van der Waals surface area contributed by atoms with E-state index in [1.54, 1.807) is 28.8 Å². The molecule has 0 saturated carbocycles.